The molecule has 1 saturated heterocycles. The van der Waals surface area contributed by atoms with Gasteiger partial charge in [-0.05, 0) is 12.5 Å². The molecule has 0 bridgehead atoms. The number of carbonyl (C=O) groups excluding carboxylic acids is 2. The Hall–Kier alpha value is -2.17. The smallest absolute Gasteiger partial charge is 0.308 e. The second-order valence-electron chi connectivity index (χ2n) is 5.17. The highest BCUT2D eigenvalue weighted by atomic mass is 16.4. The van der Waals surface area contributed by atoms with Gasteiger partial charge >= 0.3 is 5.97 Å². The number of hydrogen-bond acceptors (Lipinski definition) is 3. The number of likely N-dealkylation sites (tertiary alicyclic amines) is 1. The second-order valence-corrected chi connectivity index (χ2v) is 5.17. The Kier molecular flexibility index (Phi) is 2.45. The van der Waals surface area contributed by atoms with Gasteiger partial charge in [0.05, 0.1) is 24.3 Å². The number of nitrogens with zero attached hydrogens (tertiary/aromatic N) is 1. The van der Waals surface area contributed by atoms with E-state index in [1.807, 2.05) is 31.2 Å². The number of aliphatic carboxylic acids is 1. The molecule has 2 atom stereocenters. The number of amides is 2. The average molecular weight is 259 g/mol. The maximum Gasteiger partial charge on any atom is 0.308 e. The van der Waals surface area contributed by atoms with E-state index < -0.39 is 23.7 Å². The van der Waals surface area contributed by atoms with Crippen LogP contribution in [0.15, 0.2) is 24.3 Å². The van der Waals surface area contributed by atoms with E-state index in [0.29, 0.717) is 0 Å². The number of benzene rings is 1. The number of piperidine rings is 1. The van der Waals surface area contributed by atoms with Crippen LogP contribution in [0.25, 0.3) is 0 Å². The zero-order valence-corrected chi connectivity index (χ0v) is 10.4. The summed E-state index contributed by atoms with van der Waals surface area (Å²) >= 11 is 0. The van der Waals surface area contributed by atoms with E-state index in [0.717, 1.165) is 11.1 Å². The number of carboxylic acid groups (broad SMARTS) is 1. The number of imide groups is 1. The summed E-state index contributed by atoms with van der Waals surface area (Å²) in [4.78, 5) is 36.0. The summed E-state index contributed by atoms with van der Waals surface area (Å²) in [6.45, 7) is 2.17. The minimum Gasteiger partial charge on any atom is -0.481 e. The fraction of sp³-hybridized carbons (Fsp3) is 0.357. The Morgan fingerprint density at radius 1 is 1.26 bits per heavy atom. The van der Waals surface area contributed by atoms with Crippen molar-refractivity contribution in [3.8, 4) is 0 Å². The molecule has 19 heavy (non-hydrogen) atoms. The van der Waals surface area contributed by atoms with Crippen LogP contribution in [0.1, 0.15) is 11.1 Å². The van der Waals surface area contributed by atoms with Crippen LogP contribution in [0.2, 0.25) is 0 Å². The SMILES string of the molecule is Cc1cccc(CN2C(=O)C3C(C(=O)O)C3C2=O)c1. The summed E-state index contributed by atoms with van der Waals surface area (Å²) in [5.74, 6) is -3.79. The van der Waals surface area contributed by atoms with Gasteiger partial charge in [-0.1, -0.05) is 29.8 Å². The Morgan fingerprint density at radius 2 is 1.89 bits per heavy atom. The number of aryl methyl sites for hydroxylation is 1. The summed E-state index contributed by atoms with van der Waals surface area (Å²) in [7, 11) is 0. The standard InChI is InChI=1S/C14H13NO4/c1-7-3-2-4-8(5-7)6-15-12(16)9-10(13(15)17)11(9)14(18)19/h2-5,9-11H,6H2,1H3,(H,18,19). The molecule has 2 unspecified atom stereocenters. The lowest BCUT2D eigenvalue weighted by Gasteiger charge is -2.17. The van der Waals surface area contributed by atoms with Gasteiger partial charge < -0.3 is 5.11 Å². The third-order valence-electron chi connectivity index (χ3n) is 3.83. The van der Waals surface area contributed by atoms with Crippen molar-refractivity contribution < 1.29 is 19.5 Å². The van der Waals surface area contributed by atoms with Crippen molar-refractivity contribution in [3.05, 3.63) is 35.4 Å². The molecule has 98 valence electrons. The number of carboxylic acids is 1. The lowest BCUT2D eigenvalue weighted by Crippen LogP contribution is -2.35. The second kappa shape index (κ2) is 3.91. The van der Waals surface area contributed by atoms with E-state index in [1.54, 1.807) is 0 Å². The summed E-state index contributed by atoms with van der Waals surface area (Å²) < 4.78 is 0. The molecule has 1 N–H and O–H groups in total. The van der Waals surface area contributed by atoms with Crippen molar-refractivity contribution >= 4 is 17.8 Å². The predicted molar refractivity (Wildman–Crippen MR) is 64.8 cm³/mol. The van der Waals surface area contributed by atoms with E-state index in [2.05, 4.69) is 0 Å². The van der Waals surface area contributed by atoms with Crippen LogP contribution in [-0.2, 0) is 20.9 Å². The van der Waals surface area contributed by atoms with Crippen LogP contribution in [-0.4, -0.2) is 27.8 Å². The van der Waals surface area contributed by atoms with Gasteiger partial charge in [0.15, 0.2) is 0 Å². The molecule has 1 aromatic rings. The van der Waals surface area contributed by atoms with Gasteiger partial charge in [-0.15, -0.1) is 0 Å². The quantitative estimate of drug-likeness (QED) is 0.815. The maximum absolute atomic E-state index is 12.0. The molecule has 1 aliphatic heterocycles. The third kappa shape index (κ3) is 1.73. The van der Waals surface area contributed by atoms with Gasteiger partial charge in [-0.2, -0.15) is 0 Å². The van der Waals surface area contributed by atoms with Crippen LogP contribution in [0.4, 0.5) is 0 Å². The molecule has 0 aromatic heterocycles. The first-order valence-corrected chi connectivity index (χ1v) is 6.14. The minimum absolute atomic E-state index is 0.235. The minimum atomic E-state index is -1.05. The zero-order valence-electron chi connectivity index (χ0n) is 10.4. The number of rotatable bonds is 3. The molecular weight excluding hydrogens is 246 g/mol. The highest BCUT2D eigenvalue weighted by molar-refractivity contribution is 6.13. The Balaban J connectivity index is 1.77. The van der Waals surface area contributed by atoms with Gasteiger partial charge in [0.25, 0.3) is 0 Å². The Morgan fingerprint density at radius 3 is 2.42 bits per heavy atom. The van der Waals surface area contributed by atoms with Crippen molar-refractivity contribution in [2.45, 2.75) is 13.5 Å². The fourth-order valence-corrected chi connectivity index (χ4v) is 2.85. The lowest BCUT2D eigenvalue weighted by atomic mass is 10.1. The van der Waals surface area contributed by atoms with Gasteiger partial charge in [-0.3, -0.25) is 19.3 Å². The Labute approximate surface area is 109 Å². The highest BCUT2D eigenvalue weighted by Crippen LogP contribution is 2.53. The summed E-state index contributed by atoms with van der Waals surface area (Å²) in [5, 5.41) is 8.88. The molecule has 3 rings (SSSR count). The molecule has 1 aromatic carbocycles. The Bertz CT molecular complexity index is 573. The predicted octanol–water partition coefficient (Wildman–Crippen LogP) is 0.811. The number of hydrogen-bond donors (Lipinski definition) is 1. The first-order chi connectivity index (χ1) is 9.00. The molecule has 0 radical (unpaired) electrons. The van der Waals surface area contributed by atoms with Crippen LogP contribution in [0, 0.1) is 24.7 Å². The van der Waals surface area contributed by atoms with Gasteiger partial charge in [0.1, 0.15) is 0 Å². The maximum atomic E-state index is 12.0. The first-order valence-electron chi connectivity index (χ1n) is 6.14. The largest absolute Gasteiger partial charge is 0.481 e. The van der Waals surface area contributed by atoms with Crippen LogP contribution in [0.3, 0.4) is 0 Å². The van der Waals surface area contributed by atoms with E-state index in [1.165, 1.54) is 4.90 Å². The van der Waals surface area contributed by atoms with Gasteiger partial charge in [0, 0.05) is 0 Å². The van der Waals surface area contributed by atoms with E-state index in [-0.39, 0.29) is 18.4 Å². The van der Waals surface area contributed by atoms with Crippen molar-refractivity contribution in [1.82, 2.24) is 4.90 Å². The number of fused-ring (bicyclic) bond motifs is 1. The molecule has 5 nitrogen and oxygen atoms in total. The van der Waals surface area contributed by atoms with Crippen molar-refractivity contribution in [2.75, 3.05) is 0 Å². The molecular formula is C14H13NO4. The van der Waals surface area contributed by atoms with Gasteiger partial charge in [0.2, 0.25) is 11.8 Å². The first kappa shape index (κ1) is 11.9. The molecule has 0 spiro atoms. The summed E-state index contributed by atoms with van der Waals surface area (Å²) in [6.07, 6.45) is 0. The van der Waals surface area contributed by atoms with Crippen molar-refractivity contribution in [2.24, 2.45) is 17.8 Å². The topological polar surface area (TPSA) is 74.7 Å². The summed E-state index contributed by atoms with van der Waals surface area (Å²) in [5.41, 5.74) is 1.94. The lowest BCUT2D eigenvalue weighted by molar-refractivity contribution is -0.149. The van der Waals surface area contributed by atoms with E-state index in [9.17, 15) is 14.4 Å². The van der Waals surface area contributed by atoms with E-state index in [4.69, 9.17) is 5.11 Å². The van der Waals surface area contributed by atoms with Crippen molar-refractivity contribution in [1.29, 1.82) is 0 Å². The molecule has 1 heterocycles. The normalized spacial score (nSPS) is 28.5. The van der Waals surface area contributed by atoms with Crippen LogP contribution in [0.5, 0.6) is 0 Å². The summed E-state index contributed by atoms with van der Waals surface area (Å²) in [6, 6.07) is 7.58. The van der Waals surface area contributed by atoms with E-state index >= 15 is 0 Å². The molecule has 2 amide bonds. The monoisotopic (exact) mass is 259 g/mol. The number of carbonyl (C=O) groups is 3. The fourth-order valence-electron chi connectivity index (χ4n) is 2.85. The molecule has 1 saturated carbocycles. The molecule has 1 aliphatic carbocycles. The van der Waals surface area contributed by atoms with Crippen LogP contribution < -0.4 is 0 Å². The highest BCUT2D eigenvalue weighted by Gasteiger charge is 2.70. The molecule has 2 fully saturated rings. The molecule has 5 heteroatoms. The molecule has 2 aliphatic rings. The average Bonchev–Trinajstić information content (AvgIpc) is 3.04. The van der Waals surface area contributed by atoms with Crippen molar-refractivity contribution in [3.63, 3.8) is 0 Å². The van der Waals surface area contributed by atoms with Crippen LogP contribution >= 0.6 is 0 Å². The third-order valence-corrected chi connectivity index (χ3v) is 3.83. The zero-order chi connectivity index (χ0) is 13.7. The van der Waals surface area contributed by atoms with Gasteiger partial charge in [-0.25, -0.2) is 0 Å².